The van der Waals surface area contributed by atoms with Crippen LogP contribution in [0.2, 0.25) is 5.02 Å². The molecule has 4 heteroatoms. The first-order valence-corrected chi connectivity index (χ1v) is 6.49. The van der Waals surface area contributed by atoms with Crippen LogP contribution in [-0.4, -0.2) is 30.1 Å². The van der Waals surface area contributed by atoms with Crippen molar-refractivity contribution in [3.8, 4) is 0 Å². The molecule has 2 rings (SSSR count). The number of aryl methyl sites for hydroxylation is 1. The minimum Gasteiger partial charge on any atom is -0.362 e. The van der Waals surface area contributed by atoms with E-state index in [9.17, 15) is 0 Å². The first-order valence-electron chi connectivity index (χ1n) is 6.11. The van der Waals surface area contributed by atoms with Crippen LogP contribution in [0.4, 0.5) is 0 Å². The van der Waals surface area contributed by atoms with Crippen LogP contribution in [-0.2, 0) is 6.42 Å². The number of hydrogen-bond acceptors (Lipinski definition) is 2. The molecular formula is C14H20Cl2N2. The van der Waals surface area contributed by atoms with E-state index >= 15 is 0 Å². The molecule has 100 valence electrons. The zero-order valence-corrected chi connectivity index (χ0v) is 12.3. The standard InChI is InChI=1S/C14H19ClN2.ClH/c1-16-10-11-17(12-16)9-3-2-4-13-5-7-14(15)8-6-13;/h5-8,10-11H,2-4,9,12H2,1H3;1H. The summed E-state index contributed by atoms with van der Waals surface area (Å²) in [4.78, 5) is 4.54. The minimum atomic E-state index is 0. The van der Waals surface area contributed by atoms with Crippen LogP contribution in [0, 0.1) is 0 Å². The molecule has 0 saturated carbocycles. The quantitative estimate of drug-likeness (QED) is 0.761. The number of rotatable bonds is 5. The van der Waals surface area contributed by atoms with E-state index in [0.29, 0.717) is 0 Å². The molecule has 1 aliphatic heterocycles. The number of benzene rings is 1. The predicted octanol–water partition coefficient (Wildman–Crippen LogP) is 3.76. The van der Waals surface area contributed by atoms with Crippen LogP contribution in [0.15, 0.2) is 36.7 Å². The molecule has 0 fully saturated rings. The van der Waals surface area contributed by atoms with Crippen molar-refractivity contribution in [1.82, 2.24) is 9.80 Å². The van der Waals surface area contributed by atoms with E-state index in [2.05, 4.69) is 41.4 Å². The lowest BCUT2D eigenvalue weighted by Crippen LogP contribution is -2.23. The summed E-state index contributed by atoms with van der Waals surface area (Å²) in [6.45, 7) is 2.18. The van der Waals surface area contributed by atoms with Gasteiger partial charge in [0, 0.05) is 31.0 Å². The van der Waals surface area contributed by atoms with Gasteiger partial charge in [-0.1, -0.05) is 23.7 Å². The fourth-order valence-corrected chi connectivity index (χ4v) is 2.16. The zero-order valence-electron chi connectivity index (χ0n) is 10.7. The Hall–Kier alpha value is -0.860. The third kappa shape index (κ3) is 4.79. The Kier molecular flexibility index (Phi) is 6.37. The topological polar surface area (TPSA) is 6.48 Å². The van der Waals surface area contributed by atoms with E-state index in [1.54, 1.807) is 0 Å². The van der Waals surface area contributed by atoms with Gasteiger partial charge in [-0.05, 0) is 37.0 Å². The summed E-state index contributed by atoms with van der Waals surface area (Å²) < 4.78 is 0. The summed E-state index contributed by atoms with van der Waals surface area (Å²) >= 11 is 5.85. The average molecular weight is 287 g/mol. The van der Waals surface area contributed by atoms with Crippen LogP contribution in [0.25, 0.3) is 0 Å². The smallest absolute Gasteiger partial charge is 0.0890 e. The summed E-state index contributed by atoms with van der Waals surface area (Å²) in [5.74, 6) is 0. The average Bonchev–Trinajstić information content (AvgIpc) is 2.73. The van der Waals surface area contributed by atoms with Gasteiger partial charge in [0.25, 0.3) is 0 Å². The molecule has 0 aliphatic carbocycles. The first-order chi connectivity index (χ1) is 8.24. The highest BCUT2D eigenvalue weighted by molar-refractivity contribution is 6.30. The van der Waals surface area contributed by atoms with E-state index in [0.717, 1.165) is 24.7 Å². The largest absolute Gasteiger partial charge is 0.362 e. The van der Waals surface area contributed by atoms with E-state index in [-0.39, 0.29) is 12.4 Å². The Morgan fingerprint density at radius 1 is 1.11 bits per heavy atom. The molecule has 0 bridgehead atoms. The van der Waals surface area contributed by atoms with Gasteiger partial charge in [-0.2, -0.15) is 0 Å². The highest BCUT2D eigenvalue weighted by Gasteiger charge is 2.06. The summed E-state index contributed by atoms with van der Waals surface area (Å²) in [6, 6.07) is 8.17. The molecule has 2 nitrogen and oxygen atoms in total. The minimum absolute atomic E-state index is 0. The summed E-state index contributed by atoms with van der Waals surface area (Å²) in [5.41, 5.74) is 1.38. The first kappa shape index (κ1) is 15.2. The Labute approximate surface area is 121 Å². The maximum atomic E-state index is 5.85. The lowest BCUT2D eigenvalue weighted by molar-refractivity contribution is 0.292. The highest BCUT2D eigenvalue weighted by atomic mass is 35.5. The fraction of sp³-hybridized carbons (Fsp3) is 0.429. The van der Waals surface area contributed by atoms with Crippen molar-refractivity contribution in [1.29, 1.82) is 0 Å². The van der Waals surface area contributed by atoms with E-state index < -0.39 is 0 Å². The third-order valence-electron chi connectivity index (χ3n) is 3.01. The van der Waals surface area contributed by atoms with Crippen LogP contribution in [0.1, 0.15) is 18.4 Å². The highest BCUT2D eigenvalue weighted by Crippen LogP contribution is 2.12. The Morgan fingerprint density at radius 3 is 2.44 bits per heavy atom. The molecule has 0 amide bonds. The second-order valence-corrected chi connectivity index (χ2v) is 5.03. The van der Waals surface area contributed by atoms with E-state index in [1.165, 1.54) is 18.4 Å². The van der Waals surface area contributed by atoms with Crippen molar-refractivity contribution in [2.24, 2.45) is 0 Å². The maximum absolute atomic E-state index is 5.85. The lowest BCUT2D eigenvalue weighted by atomic mass is 10.1. The monoisotopic (exact) mass is 286 g/mol. The summed E-state index contributed by atoms with van der Waals surface area (Å²) in [7, 11) is 2.10. The second kappa shape index (κ2) is 7.55. The predicted molar refractivity (Wildman–Crippen MR) is 80.1 cm³/mol. The molecule has 1 aromatic carbocycles. The van der Waals surface area contributed by atoms with Crippen molar-refractivity contribution in [2.75, 3.05) is 20.3 Å². The molecule has 0 saturated heterocycles. The molecule has 18 heavy (non-hydrogen) atoms. The Balaban J connectivity index is 0.00000162. The van der Waals surface area contributed by atoms with Gasteiger partial charge in [0.05, 0.1) is 6.67 Å². The molecule has 0 radical (unpaired) electrons. The van der Waals surface area contributed by atoms with Gasteiger partial charge >= 0.3 is 0 Å². The number of unbranched alkanes of at least 4 members (excludes halogenated alkanes) is 1. The summed E-state index contributed by atoms with van der Waals surface area (Å²) in [6.07, 6.45) is 7.91. The van der Waals surface area contributed by atoms with Gasteiger partial charge in [0.1, 0.15) is 0 Å². The van der Waals surface area contributed by atoms with Gasteiger partial charge in [0.2, 0.25) is 0 Å². The zero-order chi connectivity index (χ0) is 12.1. The van der Waals surface area contributed by atoms with Crippen molar-refractivity contribution in [2.45, 2.75) is 19.3 Å². The van der Waals surface area contributed by atoms with Crippen LogP contribution in [0.5, 0.6) is 0 Å². The van der Waals surface area contributed by atoms with Gasteiger partial charge in [-0.25, -0.2) is 0 Å². The van der Waals surface area contributed by atoms with Crippen molar-refractivity contribution < 1.29 is 0 Å². The fourth-order valence-electron chi connectivity index (χ4n) is 2.03. The molecule has 0 atom stereocenters. The van der Waals surface area contributed by atoms with Gasteiger partial charge in [-0.3, -0.25) is 0 Å². The molecule has 1 aromatic rings. The Morgan fingerprint density at radius 2 is 1.83 bits per heavy atom. The summed E-state index contributed by atoms with van der Waals surface area (Å²) in [5, 5.41) is 0.819. The molecular weight excluding hydrogens is 267 g/mol. The van der Waals surface area contributed by atoms with E-state index in [4.69, 9.17) is 11.6 Å². The molecule has 0 N–H and O–H groups in total. The second-order valence-electron chi connectivity index (χ2n) is 4.59. The SMILES string of the molecule is CN1C=CN(CCCCc2ccc(Cl)cc2)C1.Cl. The number of halogens is 2. The number of hydrogen-bond donors (Lipinski definition) is 0. The van der Waals surface area contributed by atoms with E-state index in [1.807, 2.05) is 12.1 Å². The van der Waals surface area contributed by atoms with Crippen LogP contribution < -0.4 is 0 Å². The normalized spacial score (nSPS) is 13.9. The third-order valence-corrected chi connectivity index (χ3v) is 3.26. The lowest BCUT2D eigenvalue weighted by Gasteiger charge is -2.17. The molecule has 1 aliphatic rings. The molecule has 0 spiro atoms. The molecule has 1 heterocycles. The van der Waals surface area contributed by atoms with Crippen molar-refractivity contribution in [3.05, 3.63) is 47.3 Å². The molecule has 0 unspecified atom stereocenters. The Bertz CT molecular complexity index is 376. The van der Waals surface area contributed by atoms with Gasteiger partial charge < -0.3 is 9.80 Å². The van der Waals surface area contributed by atoms with Crippen LogP contribution >= 0.6 is 24.0 Å². The maximum Gasteiger partial charge on any atom is 0.0890 e. The van der Waals surface area contributed by atoms with Gasteiger partial charge in [0.15, 0.2) is 0 Å². The molecule has 0 aromatic heterocycles. The van der Waals surface area contributed by atoms with Crippen molar-refractivity contribution >= 4 is 24.0 Å². The van der Waals surface area contributed by atoms with Gasteiger partial charge in [-0.15, -0.1) is 12.4 Å². The van der Waals surface area contributed by atoms with Crippen molar-refractivity contribution in [3.63, 3.8) is 0 Å². The number of nitrogens with zero attached hydrogens (tertiary/aromatic N) is 2. The van der Waals surface area contributed by atoms with Crippen LogP contribution in [0.3, 0.4) is 0 Å².